The van der Waals surface area contributed by atoms with Gasteiger partial charge in [-0.05, 0) is 50.9 Å². The van der Waals surface area contributed by atoms with Crippen molar-refractivity contribution in [1.82, 2.24) is 24.9 Å². The third kappa shape index (κ3) is 6.48. The smallest absolute Gasteiger partial charge is 0.164 e. The van der Waals surface area contributed by atoms with Crippen LogP contribution in [0, 0.1) is 0 Å². The van der Waals surface area contributed by atoms with Gasteiger partial charge in [-0.15, -0.1) is 0 Å². The summed E-state index contributed by atoms with van der Waals surface area (Å²) in [4.78, 5) is 25.1. The van der Waals surface area contributed by atoms with Crippen molar-refractivity contribution >= 4 is 21.5 Å². The van der Waals surface area contributed by atoms with E-state index in [9.17, 15) is 0 Å². The lowest BCUT2D eigenvalue weighted by molar-refractivity contribution is 1.07. The van der Waals surface area contributed by atoms with Crippen LogP contribution in [-0.2, 0) is 0 Å². The van der Waals surface area contributed by atoms with E-state index in [1.807, 2.05) is 78.9 Å². The number of hydrogen-bond acceptors (Lipinski definition) is 5. The summed E-state index contributed by atoms with van der Waals surface area (Å²) in [5.41, 5.74) is 9.72. The lowest BCUT2D eigenvalue weighted by Crippen LogP contribution is -2.00. The molecule has 2 heterocycles. The van der Waals surface area contributed by atoms with Crippen LogP contribution in [0.4, 0.5) is 0 Å². The first-order chi connectivity index (χ1) is 27.7. The quantitative estimate of drug-likeness (QED) is 0.154. The molecule has 0 unspecified atom stereocenters. The van der Waals surface area contributed by atoms with Crippen molar-refractivity contribution in [2.75, 3.05) is 0 Å². The molecule has 0 saturated heterocycles. The molecule has 0 aliphatic rings. The predicted molar refractivity (Wildman–Crippen MR) is 228 cm³/mol. The van der Waals surface area contributed by atoms with Gasteiger partial charge in [-0.3, -0.25) is 0 Å². The lowest BCUT2D eigenvalue weighted by Gasteiger charge is -2.11. The van der Waals surface area contributed by atoms with Crippen LogP contribution in [0.3, 0.4) is 0 Å². The molecule has 0 spiro atoms. The topological polar surface area (TPSA) is 64.5 Å². The molecular weight excluding hydrogens is 683 g/mol. The number of nitrogens with zero attached hydrogens (tertiary/aromatic N) is 5. The molecule has 0 saturated carbocycles. The van der Waals surface area contributed by atoms with E-state index in [4.69, 9.17) is 24.9 Å². The minimum atomic E-state index is 0.619. The normalized spacial score (nSPS) is 11.2. The summed E-state index contributed by atoms with van der Waals surface area (Å²) < 4.78 is 0. The second kappa shape index (κ2) is 14.3. The van der Waals surface area contributed by atoms with E-state index in [1.165, 1.54) is 16.2 Å². The Labute approximate surface area is 324 Å². The molecule has 0 bridgehead atoms. The van der Waals surface area contributed by atoms with Gasteiger partial charge < -0.3 is 0 Å². The summed E-state index contributed by atoms with van der Waals surface area (Å²) in [6, 6.07) is 68.8. The molecule has 0 fully saturated rings. The van der Waals surface area contributed by atoms with E-state index < -0.39 is 0 Å². The number of rotatable bonds is 7. The Morgan fingerprint density at radius 2 is 0.643 bits per heavy atom. The van der Waals surface area contributed by atoms with Crippen LogP contribution in [0.15, 0.2) is 200 Å². The number of aromatic nitrogens is 5. The average molecular weight is 716 g/mol. The minimum absolute atomic E-state index is 0.619. The molecule has 262 valence electrons. The van der Waals surface area contributed by atoms with Gasteiger partial charge in [-0.1, -0.05) is 182 Å². The lowest BCUT2D eigenvalue weighted by atomic mass is 9.99. The Balaban J connectivity index is 1.02. The largest absolute Gasteiger partial charge is 0.228 e. The van der Waals surface area contributed by atoms with E-state index in [2.05, 4.69) is 121 Å². The second-order valence-corrected chi connectivity index (χ2v) is 13.7. The van der Waals surface area contributed by atoms with Crippen LogP contribution in [0.2, 0.25) is 0 Å². The van der Waals surface area contributed by atoms with Gasteiger partial charge in [0.15, 0.2) is 23.3 Å². The molecule has 0 aliphatic carbocycles. The Morgan fingerprint density at radius 1 is 0.214 bits per heavy atom. The van der Waals surface area contributed by atoms with Crippen molar-refractivity contribution < 1.29 is 0 Å². The molecule has 10 aromatic rings. The zero-order valence-electron chi connectivity index (χ0n) is 30.3. The molecule has 0 radical (unpaired) electrons. The van der Waals surface area contributed by atoms with Crippen molar-refractivity contribution in [2.45, 2.75) is 0 Å². The summed E-state index contributed by atoms with van der Waals surface area (Å²) in [6.45, 7) is 0. The maximum Gasteiger partial charge on any atom is 0.164 e. The molecule has 0 N–H and O–H groups in total. The number of hydrogen-bond donors (Lipinski definition) is 0. The predicted octanol–water partition coefficient (Wildman–Crippen LogP) is 12.6. The van der Waals surface area contributed by atoms with Crippen LogP contribution in [-0.4, -0.2) is 24.9 Å². The summed E-state index contributed by atoms with van der Waals surface area (Å²) in [6.07, 6.45) is 0. The van der Waals surface area contributed by atoms with Crippen LogP contribution in [0.25, 0.3) is 101 Å². The molecular formula is C51H33N5. The van der Waals surface area contributed by atoms with Crippen molar-refractivity contribution in [3.63, 3.8) is 0 Å². The minimum Gasteiger partial charge on any atom is -0.228 e. The fourth-order valence-electron chi connectivity index (χ4n) is 7.24. The fourth-order valence-corrected chi connectivity index (χ4v) is 7.24. The zero-order valence-corrected chi connectivity index (χ0v) is 30.3. The van der Waals surface area contributed by atoms with Crippen molar-refractivity contribution in [3.05, 3.63) is 200 Å². The molecule has 2 aromatic heterocycles. The first-order valence-electron chi connectivity index (χ1n) is 18.7. The Hall–Kier alpha value is -7.63. The Kier molecular flexibility index (Phi) is 8.43. The second-order valence-electron chi connectivity index (χ2n) is 13.7. The number of benzene rings is 8. The van der Waals surface area contributed by atoms with Gasteiger partial charge in [0.05, 0.1) is 11.4 Å². The highest BCUT2D eigenvalue weighted by Gasteiger charge is 2.15. The fraction of sp³-hybridized carbons (Fsp3) is 0. The highest BCUT2D eigenvalue weighted by Crippen LogP contribution is 2.33. The van der Waals surface area contributed by atoms with Gasteiger partial charge in [-0.2, -0.15) is 0 Å². The third-order valence-electron chi connectivity index (χ3n) is 10.1. The molecule has 5 heteroatoms. The maximum atomic E-state index is 5.09. The van der Waals surface area contributed by atoms with Crippen LogP contribution in [0.5, 0.6) is 0 Å². The maximum absolute atomic E-state index is 5.09. The van der Waals surface area contributed by atoms with Gasteiger partial charge in [0.1, 0.15) is 0 Å². The van der Waals surface area contributed by atoms with E-state index in [0.717, 1.165) is 61.3 Å². The van der Waals surface area contributed by atoms with Gasteiger partial charge in [-0.25, -0.2) is 24.9 Å². The highest BCUT2D eigenvalue weighted by atomic mass is 15.0. The van der Waals surface area contributed by atoms with Gasteiger partial charge >= 0.3 is 0 Å². The van der Waals surface area contributed by atoms with Gasteiger partial charge in [0, 0.05) is 33.4 Å². The Morgan fingerprint density at radius 3 is 1.30 bits per heavy atom. The molecule has 0 aliphatic heterocycles. The van der Waals surface area contributed by atoms with Crippen LogP contribution < -0.4 is 0 Å². The van der Waals surface area contributed by atoms with E-state index >= 15 is 0 Å². The zero-order chi connectivity index (χ0) is 37.3. The first kappa shape index (κ1) is 33.0. The third-order valence-corrected chi connectivity index (χ3v) is 10.1. The Bertz CT molecular complexity index is 2940. The summed E-state index contributed by atoms with van der Waals surface area (Å²) >= 11 is 0. The molecule has 56 heavy (non-hydrogen) atoms. The molecule has 8 aromatic carbocycles. The molecule has 10 rings (SSSR count). The van der Waals surface area contributed by atoms with E-state index in [1.54, 1.807) is 0 Å². The van der Waals surface area contributed by atoms with Gasteiger partial charge in [0.25, 0.3) is 0 Å². The molecule has 5 nitrogen and oxygen atoms in total. The summed E-state index contributed by atoms with van der Waals surface area (Å²) in [5.74, 6) is 2.58. The summed E-state index contributed by atoms with van der Waals surface area (Å²) in [7, 11) is 0. The highest BCUT2D eigenvalue weighted by molar-refractivity contribution is 6.08. The standard InChI is InChI=1S/C51H33N5/c1-4-14-36(15-5-1)46-33-47(53-48(52-46)38-16-6-2-7-17-38)37-26-23-34(24-27-37)40-20-12-21-42(31-40)50-54-49(39-18-8-3-9-19-39)55-51(56-50)43-29-30-45-41(32-43)28-25-35-13-10-11-22-44(35)45/h1-33H. The van der Waals surface area contributed by atoms with Gasteiger partial charge in [0.2, 0.25) is 0 Å². The van der Waals surface area contributed by atoms with Crippen molar-refractivity contribution in [1.29, 1.82) is 0 Å². The first-order valence-corrected chi connectivity index (χ1v) is 18.7. The van der Waals surface area contributed by atoms with Crippen LogP contribution >= 0.6 is 0 Å². The molecule has 0 atom stereocenters. The molecule has 0 amide bonds. The van der Waals surface area contributed by atoms with E-state index in [0.29, 0.717) is 23.3 Å². The summed E-state index contributed by atoms with van der Waals surface area (Å²) in [5, 5.41) is 4.80. The number of fused-ring (bicyclic) bond motifs is 3. The van der Waals surface area contributed by atoms with Crippen LogP contribution in [0.1, 0.15) is 0 Å². The SMILES string of the molecule is c1ccc(-c2cc(-c3ccc(-c4cccc(-c5nc(-c6ccccc6)nc(-c6ccc7c(ccc8ccccc87)c6)n5)c4)cc3)nc(-c3ccccc3)n2)cc1. The van der Waals surface area contributed by atoms with Crippen molar-refractivity contribution in [3.8, 4) is 79.2 Å². The average Bonchev–Trinajstić information content (AvgIpc) is 3.29. The van der Waals surface area contributed by atoms with Crippen molar-refractivity contribution in [2.24, 2.45) is 0 Å². The monoisotopic (exact) mass is 715 g/mol. The van der Waals surface area contributed by atoms with E-state index in [-0.39, 0.29) is 0 Å².